The molecule has 0 rings (SSSR count). The minimum Gasteiger partial charge on any atom is -0.466 e. The molecule has 6 nitrogen and oxygen atoms in total. The molecule has 0 fully saturated rings. The van der Waals surface area contributed by atoms with Gasteiger partial charge in [0.1, 0.15) is 6.29 Å². The summed E-state index contributed by atoms with van der Waals surface area (Å²) in [7, 11) is 2.33. The molecule has 0 saturated heterocycles. The average molecular weight is 266 g/mol. The molecule has 0 aliphatic heterocycles. The number of ether oxygens (including phenoxy) is 4. The van der Waals surface area contributed by atoms with Crippen molar-refractivity contribution in [2.75, 3.05) is 20.8 Å². The van der Waals surface area contributed by atoms with Crippen molar-refractivity contribution in [3.63, 3.8) is 0 Å². The number of methoxy groups -OCH3 is 2. The molecule has 0 amide bonds. The highest BCUT2D eigenvalue weighted by Crippen LogP contribution is 2.02. The largest absolute Gasteiger partial charge is 0.466 e. The van der Waals surface area contributed by atoms with Gasteiger partial charge >= 0.3 is 5.97 Å². The van der Waals surface area contributed by atoms with Crippen molar-refractivity contribution in [1.82, 2.24) is 0 Å². The van der Waals surface area contributed by atoms with Gasteiger partial charge in [0.05, 0.1) is 6.61 Å². The first-order valence-corrected chi connectivity index (χ1v) is 7.14. The van der Waals surface area contributed by atoms with Crippen LogP contribution < -0.4 is 0 Å². The Morgan fingerprint density at radius 3 is 2.47 bits per heavy atom. The fourth-order valence-electron chi connectivity index (χ4n) is 1.07. The van der Waals surface area contributed by atoms with Crippen LogP contribution in [0.25, 0.3) is 0 Å². The van der Waals surface area contributed by atoms with Crippen LogP contribution in [0.4, 0.5) is 0 Å². The normalized spacial score (nSPS) is 13.5. The Hall–Kier alpha value is -0.473. The molecule has 7 heteroatoms. The fraction of sp³-hybridized carbons (Fsp3) is 0.900. The third-order valence-electron chi connectivity index (χ3n) is 1.88. The number of hydrogen-bond donors (Lipinski definition) is 0. The summed E-state index contributed by atoms with van der Waals surface area (Å²) < 4.78 is 25.3. The molecule has 0 heterocycles. The molecule has 0 aromatic rings. The van der Waals surface area contributed by atoms with E-state index >= 15 is 0 Å². The van der Waals surface area contributed by atoms with Crippen molar-refractivity contribution in [1.29, 1.82) is 0 Å². The molecule has 0 aromatic heterocycles. The molecule has 102 valence electrons. The quantitative estimate of drug-likeness (QED) is 0.247. The van der Waals surface area contributed by atoms with E-state index in [4.69, 9.17) is 23.4 Å². The van der Waals surface area contributed by atoms with Crippen LogP contribution in [0.15, 0.2) is 0 Å². The summed E-state index contributed by atoms with van der Waals surface area (Å²) in [5.74, 6) is -0.243. The average Bonchev–Trinajstić information content (AvgIpc) is 2.30. The molecule has 0 spiro atoms. The summed E-state index contributed by atoms with van der Waals surface area (Å²) >= 11 is 0. The topological polar surface area (TPSA) is 63.2 Å². The lowest BCUT2D eigenvalue weighted by atomic mass is 10.5. The van der Waals surface area contributed by atoms with Gasteiger partial charge in [-0.2, -0.15) is 0 Å². The Labute approximate surface area is 104 Å². The lowest BCUT2D eigenvalue weighted by molar-refractivity contribution is -0.308. The van der Waals surface area contributed by atoms with Crippen LogP contribution in [0.2, 0.25) is 6.04 Å². The summed E-state index contributed by atoms with van der Waals surface area (Å²) in [5.41, 5.74) is 0. The van der Waals surface area contributed by atoms with Gasteiger partial charge in [0.25, 0.3) is 6.48 Å². The molecule has 0 saturated carbocycles. The Bertz CT molecular complexity index is 197. The van der Waals surface area contributed by atoms with Crippen molar-refractivity contribution in [3.05, 3.63) is 0 Å². The first kappa shape index (κ1) is 16.5. The predicted octanol–water partition coefficient (Wildman–Crippen LogP) is 0.397. The van der Waals surface area contributed by atoms with Gasteiger partial charge in [-0.25, -0.2) is 0 Å². The SMILES string of the molecule is COC(OC)OC(C)O[SiH2]CCCOC(C)=O. The maximum atomic E-state index is 10.5. The van der Waals surface area contributed by atoms with Gasteiger partial charge in [0, 0.05) is 21.1 Å². The Balaban J connectivity index is 3.38. The first-order valence-electron chi connectivity index (χ1n) is 5.56. The third kappa shape index (κ3) is 10.4. The van der Waals surface area contributed by atoms with Gasteiger partial charge in [-0.05, 0) is 19.4 Å². The lowest BCUT2D eigenvalue weighted by Crippen LogP contribution is -2.26. The molecular weight excluding hydrogens is 244 g/mol. The predicted molar refractivity (Wildman–Crippen MR) is 64.0 cm³/mol. The molecule has 0 radical (unpaired) electrons. The van der Waals surface area contributed by atoms with E-state index < -0.39 is 16.2 Å². The van der Waals surface area contributed by atoms with E-state index in [1.165, 1.54) is 21.1 Å². The molecule has 0 aliphatic rings. The van der Waals surface area contributed by atoms with Crippen molar-refractivity contribution >= 4 is 15.7 Å². The third-order valence-corrected chi connectivity index (χ3v) is 3.38. The van der Waals surface area contributed by atoms with Crippen LogP contribution in [0, 0.1) is 0 Å². The lowest BCUT2D eigenvalue weighted by Gasteiger charge is -2.19. The maximum Gasteiger partial charge on any atom is 0.302 e. The highest BCUT2D eigenvalue weighted by atomic mass is 28.2. The van der Waals surface area contributed by atoms with Gasteiger partial charge in [-0.3, -0.25) is 4.79 Å². The summed E-state index contributed by atoms with van der Waals surface area (Å²) in [5, 5.41) is 0. The Morgan fingerprint density at radius 1 is 1.29 bits per heavy atom. The van der Waals surface area contributed by atoms with Crippen molar-refractivity contribution < 1.29 is 28.2 Å². The van der Waals surface area contributed by atoms with Gasteiger partial charge in [0.15, 0.2) is 9.76 Å². The van der Waals surface area contributed by atoms with Gasteiger partial charge in [-0.1, -0.05) is 0 Å². The van der Waals surface area contributed by atoms with E-state index in [1.807, 2.05) is 0 Å². The molecule has 0 aliphatic carbocycles. The van der Waals surface area contributed by atoms with Gasteiger partial charge in [-0.15, -0.1) is 0 Å². The van der Waals surface area contributed by atoms with Crippen molar-refractivity contribution in [2.24, 2.45) is 0 Å². The van der Waals surface area contributed by atoms with E-state index in [0.29, 0.717) is 6.61 Å². The van der Waals surface area contributed by atoms with Crippen LogP contribution >= 0.6 is 0 Å². The van der Waals surface area contributed by atoms with E-state index in [0.717, 1.165) is 12.5 Å². The first-order chi connectivity index (χ1) is 8.10. The van der Waals surface area contributed by atoms with Crippen LogP contribution in [0.5, 0.6) is 0 Å². The van der Waals surface area contributed by atoms with Crippen molar-refractivity contribution in [3.8, 4) is 0 Å². The van der Waals surface area contributed by atoms with Crippen LogP contribution in [0.1, 0.15) is 20.3 Å². The second-order valence-corrected chi connectivity index (χ2v) is 4.83. The fourth-order valence-corrected chi connectivity index (χ4v) is 2.06. The van der Waals surface area contributed by atoms with E-state index in [9.17, 15) is 4.79 Å². The molecule has 0 aromatic carbocycles. The number of hydrogen-bond acceptors (Lipinski definition) is 6. The smallest absolute Gasteiger partial charge is 0.302 e. The highest BCUT2D eigenvalue weighted by molar-refractivity contribution is 6.27. The molecule has 17 heavy (non-hydrogen) atoms. The summed E-state index contributed by atoms with van der Waals surface area (Å²) in [6.45, 7) is 2.96. The summed E-state index contributed by atoms with van der Waals surface area (Å²) in [4.78, 5) is 10.5. The minimum absolute atomic E-state index is 0.243. The van der Waals surface area contributed by atoms with Crippen LogP contribution in [-0.4, -0.2) is 49.3 Å². The number of rotatable bonds is 10. The number of carbonyl (C=O) groups excluding carboxylic acids is 1. The van der Waals surface area contributed by atoms with Gasteiger partial charge in [0.2, 0.25) is 0 Å². The zero-order valence-electron chi connectivity index (χ0n) is 10.9. The second kappa shape index (κ2) is 10.7. The second-order valence-electron chi connectivity index (χ2n) is 3.38. The van der Waals surface area contributed by atoms with Crippen LogP contribution in [-0.2, 0) is 28.2 Å². The molecular formula is C10H22O6Si. The highest BCUT2D eigenvalue weighted by Gasteiger charge is 2.10. The molecule has 0 N–H and O–H groups in total. The molecule has 1 unspecified atom stereocenters. The molecule has 1 atom stereocenters. The molecule has 0 bridgehead atoms. The summed E-state index contributed by atoms with van der Waals surface area (Å²) in [6, 6.07) is 0.936. The van der Waals surface area contributed by atoms with E-state index in [-0.39, 0.29) is 12.3 Å². The minimum atomic E-state index is -0.694. The number of carbonyl (C=O) groups is 1. The monoisotopic (exact) mass is 266 g/mol. The summed E-state index contributed by atoms with van der Waals surface area (Å²) in [6.07, 6.45) is 0.483. The zero-order chi connectivity index (χ0) is 13.1. The van der Waals surface area contributed by atoms with E-state index in [1.54, 1.807) is 6.92 Å². The van der Waals surface area contributed by atoms with Crippen LogP contribution in [0.3, 0.4) is 0 Å². The van der Waals surface area contributed by atoms with Gasteiger partial charge < -0.3 is 23.4 Å². The maximum absolute atomic E-state index is 10.5. The van der Waals surface area contributed by atoms with E-state index in [2.05, 4.69) is 0 Å². The number of esters is 1. The van der Waals surface area contributed by atoms with Crippen molar-refractivity contribution in [2.45, 2.75) is 39.1 Å². The Kier molecular flexibility index (Phi) is 10.4. The zero-order valence-corrected chi connectivity index (χ0v) is 12.3. The standard InChI is InChI=1S/C10H22O6Si/c1-8(11)14-6-5-7-17-16-9(2)15-10(12-3)13-4/h9-10H,5-7,17H2,1-4H3. The Morgan fingerprint density at radius 2 is 1.94 bits per heavy atom.